The van der Waals surface area contributed by atoms with Crippen LogP contribution < -0.4 is 4.90 Å². The van der Waals surface area contributed by atoms with E-state index in [1.165, 1.54) is 6.92 Å². The molecule has 0 aliphatic carbocycles. The number of carbonyl (C=O) groups excluding carboxylic acids is 1. The van der Waals surface area contributed by atoms with Crippen molar-refractivity contribution in [2.75, 3.05) is 11.4 Å². The number of phenolic OH excluding ortho intramolecular Hbond substituents is 1. The fraction of sp³-hybridized carbons (Fsp3) is 0.357. The van der Waals surface area contributed by atoms with Crippen LogP contribution in [0.25, 0.3) is 0 Å². The summed E-state index contributed by atoms with van der Waals surface area (Å²) in [6, 6.07) is 5.23. The molecule has 1 N–H and O–H groups in total. The van der Waals surface area contributed by atoms with E-state index in [0.717, 1.165) is 5.69 Å². The molecule has 0 amide bonds. The monoisotopic (exact) mass is 231 g/mol. The number of Topliss-reactive ketones (excluding diaryl/α,β-unsaturated/α-hetero) is 1. The van der Waals surface area contributed by atoms with Gasteiger partial charge in [0.2, 0.25) is 0 Å². The number of hydrogen-bond donors (Lipinski definition) is 1. The molecule has 0 saturated heterocycles. The van der Waals surface area contributed by atoms with Crippen LogP contribution in [-0.4, -0.2) is 23.5 Å². The summed E-state index contributed by atoms with van der Waals surface area (Å²) >= 11 is 0. The Bertz CT molecular complexity index is 458. The largest absolute Gasteiger partial charge is 0.507 e. The summed E-state index contributed by atoms with van der Waals surface area (Å²) < 4.78 is 0. The van der Waals surface area contributed by atoms with Crippen LogP contribution in [0.1, 0.15) is 31.1 Å². The lowest BCUT2D eigenvalue weighted by Crippen LogP contribution is -2.30. The molecule has 0 atom stereocenters. The van der Waals surface area contributed by atoms with E-state index >= 15 is 0 Å². The summed E-state index contributed by atoms with van der Waals surface area (Å²) in [6.07, 6.45) is 5.31. The van der Waals surface area contributed by atoms with Crippen molar-refractivity contribution in [3.63, 3.8) is 0 Å². The standard InChI is InChI=1S/C14H17NO2/c1-5-8-15(10(2)3)12-6-7-13(11(4)16)14(17)9-12/h1,6-7,9-10,17H,8H2,2-4H3. The summed E-state index contributed by atoms with van der Waals surface area (Å²) in [5.41, 5.74) is 1.15. The lowest BCUT2D eigenvalue weighted by Gasteiger charge is -2.27. The van der Waals surface area contributed by atoms with Crippen LogP contribution in [0.15, 0.2) is 18.2 Å². The van der Waals surface area contributed by atoms with Gasteiger partial charge >= 0.3 is 0 Å². The molecule has 90 valence electrons. The number of rotatable bonds is 4. The smallest absolute Gasteiger partial charge is 0.163 e. The molecule has 3 nitrogen and oxygen atoms in total. The van der Waals surface area contributed by atoms with Gasteiger partial charge in [-0.25, -0.2) is 0 Å². The van der Waals surface area contributed by atoms with Crippen LogP contribution >= 0.6 is 0 Å². The van der Waals surface area contributed by atoms with Crippen molar-refractivity contribution in [1.82, 2.24) is 0 Å². The zero-order chi connectivity index (χ0) is 13.0. The highest BCUT2D eigenvalue weighted by atomic mass is 16.3. The van der Waals surface area contributed by atoms with Crippen LogP contribution in [-0.2, 0) is 0 Å². The molecule has 1 rings (SSSR count). The maximum Gasteiger partial charge on any atom is 0.163 e. The maximum absolute atomic E-state index is 11.2. The van der Waals surface area contributed by atoms with Gasteiger partial charge < -0.3 is 10.0 Å². The Balaban J connectivity index is 3.11. The van der Waals surface area contributed by atoms with E-state index < -0.39 is 0 Å². The Morgan fingerprint density at radius 3 is 2.59 bits per heavy atom. The van der Waals surface area contributed by atoms with Gasteiger partial charge in [-0.15, -0.1) is 6.42 Å². The van der Waals surface area contributed by atoms with Crippen molar-refractivity contribution >= 4 is 11.5 Å². The maximum atomic E-state index is 11.2. The number of phenols is 1. The zero-order valence-corrected chi connectivity index (χ0v) is 10.4. The summed E-state index contributed by atoms with van der Waals surface area (Å²) in [6.45, 7) is 5.94. The van der Waals surface area contributed by atoms with Crippen molar-refractivity contribution in [3.8, 4) is 18.1 Å². The number of terminal acetylenes is 1. The van der Waals surface area contributed by atoms with Gasteiger partial charge in [0, 0.05) is 17.8 Å². The number of aromatic hydroxyl groups is 1. The van der Waals surface area contributed by atoms with Gasteiger partial charge in [-0.3, -0.25) is 4.79 Å². The lowest BCUT2D eigenvalue weighted by atomic mass is 10.1. The Kier molecular flexibility index (Phi) is 4.17. The molecule has 0 aliphatic rings. The second-order valence-electron chi connectivity index (χ2n) is 4.18. The number of benzene rings is 1. The Hall–Kier alpha value is -1.95. The normalized spacial score (nSPS) is 10.1. The third-order valence-electron chi connectivity index (χ3n) is 2.58. The van der Waals surface area contributed by atoms with E-state index in [9.17, 15) is 9.90 Å². The van der Waals surface area contributed by atoms with Crippen LogP contribution in [0.4, 0.5) is 5.69 Å². The fourth-order valence-electron chi connectivity index (χ4n) is 1.67. The minimum Gasteiger partial charge on any atom is -0.507 e. The molecule has 0 aliphatic heterocycles. The molecule has 3 heteroatoms. The second-order valence-corrected chi connectivity index (χ2v) is 4.18. The number of nitrogens with zero attached hydrogens (tertiary/aromatic N) is 1. The zero-order valence-electron chi connectivity index (χ0n) is 10.4. The van der Waals surface area contributed by atoms with E-state index in [-0.39, 0.29) is 17.6 Å². The van der Waals surface area contributed by atoms with Gasteiger partial charge in [-0.2, -0.15) is 0 Å². The molecule has 0 bridgehead atoms. The van der Waals surface area contributed by atoms with E-state index in [4.69, 9.17) is 6.42 Å². The van der Waals surface area contributed by atoms with Crippen molar-refractivity contribution in [2.45, 2.75) is 26.8 Å². The topological polar surface area (TPSA) is 40.5 Å². The molecular weight excluding hydrogens is 214 g/mol. The number of ketones is 1. The molecule has 1 aromatic rings. The van der Waals surface area contributed by atoms with E-state index in [1.54, 1.807) is 18.2 Å². The van der Waals surface area contributed by atoms with Gasteiger partial charge in [0.25, 0.3) is 0 Å². The molecule has 0 aromatic heterocycles. The van der Waals surface area contributed by atoms with Crippen LogP contribution in [0, 0.1) is 12.3 Å². The van der Waals surface area contributed by atoms with Gasteiger partial charge in [-0.05, 0) is 32.9 Å². The number of anilines is 1. The predicted octanol–water partition coefficient (Wildman–Crippen LogP) is 2.44. The summed E-state index contributed by atoms with van der Waals surface area (Å²) in [4.78, 5) is 13.2. The number of hydrogen-bond acceptors (Lipinski definition) is 3. The van der Waals surface area contributed by atoms with Gasteiger partial charge in [0.05, 0.1) is 12.1 Å². The fourth-order valence-corrected chi connectivity index (χ4v) is 1.67. The summed E-state index contributed by atoms with van der Waals surface area (Å²) in [7, 11) is 0. The molecule has 0 heterocycles. The molecular formula is C14H17NO2. The van der Waals surface area contributed by atoms with Crippen molar-refractivity contribution in [3.05, 3.63) is 23.8 Å². The van der Waals surface area contributed by atoms with Crippen LogP contribution in [0.3, 0.4) is 0 Å². The molecule has 0 fully saturated rings. The quantitative estimate of drug-likeness (QED) is 0.639. The Labute approximate surface area is 102 Å². The van der Waals surface area contributed by atoms with Gasteiger partial charge in [0.15, 0.2) is 5.78 Å². The first-order valence-electron chi connectivity index (χ1n) is 5.51. The third-order valence-corrected chi connectivity index (χ3v) is 2.58. The van der Waals surface area contributed by atoms with Gasteiger partial charge in [0.1, 0.15) is 5.75 Å². The SMILES string of the molecule is C#CCN(c1ccc(C(C)=O)c(O)c1)C(C)C. The molecule has 17 heavy (non-hydrogen) atoms. The third kappa shape index (κ3) is 3.01. The van der Waals surface area contributed by atoms with Crippen LogP contribution in [0.5, 0.6) is 5.75 Å². The minimum atomic E-state index is -0.151. The Morgan fingerprint density at radius 1 is 1.53 bits per heavy atom. The second kappa shape index (κ2) is 5.40. The first kappa shape index (κ1) is 13.1. The minimum absolute atomic E-state index is 0.00216. The van der Waals surface area contributed by atoms with E-state index in [2.05, 4.69) is 5.92 Å². The van der Waals surface area contributed by atoms with Crippen molar-refractivity contribution < 1.29 is 9.90 Å². The van der Waals surface area contributed by atoms with Gasteiger partial charge in [-0.1, -0.05) is 5.92 Å². The van der Waals surface area contributed by atoms with Crippen molar-refractivity contribution in [1.29, 1.82) is 0 Å². The average Bonchev–Trinajstić information content (AvgIpc) is 2.24. The average molecular weight is 231 g/mol. The van der Waals surface area contributed by atoms with Crippen molar-refractivity contribution in [2.24, 2.45) is 0 Å². The van der Waals surface area contributed by atoms with Crippen LogP contribution in [0.2, 0.25) is 0 Å². The highest BCUT2D eigenvalue weighted by Gasteiger charge is 2.13. The van der Waals surface area contributed by atoms with E-state index in [0.29, 0.717) is 12.1 Å². The Morgan fingerprint density at radius 2 is 2.18 bits per heavy atom. The molecule has 0 radical (unpaired) electrons. The first-order chi connectivity index (χ1) is 7.97. The molecule has 1 aromatic carbocycles. The molecule has 0 spiro atoms. The first-order valence-corrected chi connectivity index (χ1v) is 5.51. The highest BCUT2D eigenvalue weighted by Crippen LogP contribution is 2.26. The highest BCUT2D eigenvalue weighted by molar-refractivity contribution is 5.97. The molecule has 0 saturated carbocycles. The van der Waals surface area contributed by atoms with E-state index in [1.807, 2.05) is 18.7 Å². The summed E-state index contributed by atoms with van der Waals surface area (Å²) in [5, 5.41) is 9.76. The lowest BCUT2D eigenvalue weighted by molar-refractivity contribution is 0.101. The summed E-state index contributed by atoms with van der Waals surface area (Å²) in [5.74, 6) is 2.43. The molecule has 0 unspecified atom stereocenters. The number of carbonyl (C=O) groups is 1. The predicted molar refractivity (Wildman–Crippen MR) is 69.4 cm³/mol.